The van der Waals surface area contributed by atoms with Crippen molar-refractivity contribution in [3.05, 3.63) is 46.0 Å². The monoisotopic (exact) mass is 483 g/mol. The summed E-state index contributed by atoms with van der Waals surface area (Å²) in [5.74, 6) is -0.272. The van der Waals surface area contributed by atoms with Crippen LogP contribution in [0.15, 0.2) is 29.4 Å². The van der Waals surface area contributed by atoms with Crippen molar-refractivity contribution >= 4 is 56.7 Å². The third-order valence-corrected chi connectivity index (χ3v) is 6.98. The number of nitrogens with zero attached hydrogens (tertiary/aromatic N) is 4. The normalized spacial score (nSPS) is 11.5. The van der Waals surface area contributed by atoms with Crippen molar-refractivity contribution in [3.8, 4) is 0 Å². The Morgan fingerprint density at radius 1 is 1.18 bits per heavy atom. The van der Waals surface area contributed by atoms with Gasteiger partial charge in [-0.2, -0.15) is 0 Å². The summed E-state index contributed by atoms with van der Waals surface area (Å²) in [6.07, 6.45) is 0. The van der Waals surface area contributed by atoms with Gasteiger partial charge in [0.1, 0.15) is 4.88 Å². The lowest BCUT2D eigenvalue weighted by molar-refractivity contribution is -0.113. The van der Waals surface area contributed by atoms with Crippen LogP contribution in [0.25, 0.3) is 16.6 Å². The van der Waals surface area contributed by atoms with Gasteiger partial charge >= 0.3 is 5.97 Å². The molecule has 0 spiro atoms. The molecule has 4 aromatic rings. The van der Waals surface area contributed by atoms with Crippen LogP contribution < -0.4 is 5.32 Å². The summed E-state index contributed by atoms with van der Waals surface area (Å²) >= 11 is 2.42. The first kappa shape index (κ1) is 23.2. The van der Waals surface area contributed by atoms with Crippen LogP contribution in [0.1, 0.15) is 40.3 Å². The molecular formula is C23H25N5O3S2. The number of para-hydroxylation sites is 1. The number of carbonyl (C=O) groups is 2. The number of rotatable bonds is 7. The molecule has 0 bridgehead atoms. The van der Waals surface area contributed by atoms with E-state index >= 15 is 0 Å². The molecule has 3 aromatic heterocycles. The van der Waals surface area contributed by atoms with Crippen molar-refractivity contribution in [1.29, 1.82) is 0 Å². The lowest BCUT2D eigenvalue weighted by Crippen LogP contribution is -2.14. The van der Waals surface area contributed by atoms with Gasteiger partial charge in [-0.05, 0) is 43.9 Å². The van der Waals surface area contributed by atoms with E-state index in [1.54, 1.807) is 6.92 Å². The first-order chi connectivity index (χ1) is 15.7. The fraction of sp³-hybridized carbons (Fsp3) is 0.348. The molecule has 0 saturated carbocycles. The zero-order chi connectivity index (χ0) is 23.7. The zero-order valence-electron chi connectivity index (χ0n) is 19.1. The van der Waals surface area contributed by atoms with E-state index in [1.807, 2.05) is 30.4 Å². The maximum atomic E-state index is 12.6. The summed E-state index contributed by atoms with van der Waals surface area (Å²) in [5.41, 5.74) is 4.57. The van der Waals surface area contributed by atoms with Gasteiger partial charge in [-0.3, -0.25) is 9.20 Å². The number of ether oxygens (including phenoxy) is 1. The predicted octanol–water partition coefficient (Wildman–Crippen LogP) is 4.81. The largest absolute Gasteiger partial charge is 0.461 e. The van der Waals surface area contributed by atoms with E-state index in [0.29, 0.717) is 27.5 Å². The third kappa shape index (κ3) is 4.86. The topological polar surface area (TPSA) is 98.5 Å². The SMILES string of the molecule is Cc1nc(NC(=O)CSc2nnc3cc(C)c4cccc(C)c4n23)sc1C(=O)OCC(C)C. The molecule has 0 unspecified atom stereocenters. The summed E-state index contributed by atoms with van der Waals surface area (Å²) in [6, 6.07) is 8.16. The number of esters is 1. The molecule has 10 heteroatoms. The molecule has 0 radical (unpaired) electrons. The quantitative estimate of drug-likeness (QED) is 0.298. The molecule has 1 amide bonds. The minimum atomic E-state index is -0.416. The minimum Gasteiger partial charge on any atom is -0.461 e. The fourth-order valence-corrected chi connectivity index (χ4v) is 5.08. The standard InChI is InChI=1S/C23H25N5O3S2/c1-12(2)10-31-21(30)20-15(5)24-22(33-20)25-18(29)11-32-23-27-26-17-9-14(4)16-8-6-7-13(3)19(16)28(17)23/h6-9,12H,10-11H2,1-5H3,(H,24,25,29). The number of hydrogen-bond donors (Lipinski definition) is 1. The number of fused-ring (bicyclic) bond motifs is 3. The maximum absolute atomic E-state index is 12.6. The second-order valence-corrected chi connectivity index (χ2v) is 10.2. The minimum absolute atomic E-state index is 0.133. The van der Waals surface area contributed by atoms with Crippen LogP contribution >= 0.6 is 23.1 Å². The molecule has 8 nitrogen and oxygen atoms in total. The predicted molar refractivity (Wildman–Crippen MR) is 131 cm³/mol. The van der Waals surface area contributed by atoms with E-state index in [-0.39, 0.29) is 17.6 Å². The molecule has 4 rings (SSSR count). The molecule has 1 aromatic carbocycles. The van der Waals surface area contributed by atoms with Crippen molar-refractivity contribution in [2.75, 3.05) is 17.7 Å². The Hall–Kier alpha value is -2.98. The second kappa shape index (κ2) is 9.48. The van der Waals surface area contributed by atoms with E-state index in [4.69, 9.17) is 4.74 Å². The number of benzene rings is 1. The molecule has 0 aliphatic carbocycles. The molecule has 0 fully saturated rings. The number of aromatic nitrogens is 4. The van der Waals surface area contributed by atoms with Crippen LogP contribution in [0.3, 0.4) is 0 Å². The molecular weight excluding hydrogens is 458 g/mol. The van der Waals surface area contributed by atoms with Crippen LogP contribution in [-0.4, -0.2) is 43.8 Å². The van der Waals surface area contributed by atoms with E-state index in [9.17, 15) is 9.59 Å². The third-order valence-electron chi connectivity index (χ3n) is 5.00. The Bertz CT molecular complexity index is 1360. The highest BCUT2D eigenvalue weighted by molar-refractivity contribution is 7.99. The molecule has 0 aliphatic rings. The van der Waals surface area contributed by atoms with Gasteiger partial charge in [-0.25, -0.2) is 9.78 Å². The molecule has 0 aliphatic heterocycles. The number of amides is 1. The van der Waals surface area contributed by atoms with Crippen LogP contribution in [0.5, 0.6) is 0 Å². The number of carbonyl (C=O) groups excluding carboxylic acids is 2. The molecule has 172 valence electrons. The average molecular weight is 484 g/mol. The summed E-state index contributed by atoms with van der Waals surface area (Å²) in [6.45, 7) is 10.1. The van der Waals surface area contributed by atoms with Crippen molar-refractivity contribution < 1.29 is 14.3 Å². The van der Waals surface area contributed by atoms with Gasteiger partial charge < -0.3 is 10.1 Å². The number of nitrogens with one attached hydrogen (secondary N) is 1. The number of thioether (sulfide) groups is 1. The van der Waals surface area contributed by atoms with Gasteiger partial charge in [0.2, 0.25) is 5.91 Å². The van der Waals surface area contributed by atoms with E-state index < -0.39 is 5.97 Å². The molecule has 1 N–H and O–H groups in total. The van der Waals surface area contributed by atoms with E-state index in [1.165, 1.54) is 11.8 Å². The summed E-state index contributed by atoms with van der Waals surface area (Å²) < 4.78 is 7.27. The number of thiazole rings is 1. The van der Waals surface area contributed by atoms with Gasteiger partial charge in [0.15, 0.2) is 15.9 Å². The van der Waals surface area contributed by atoms with Crippen LogP contribution in [0.2, 0.25) is 0 Å². The lowest BCUT2D eigenvalue weighted by Gasteiger charge is -2.09. The number of anilines is 1. The summed E-state index contributed by atoms with van der Waals surface area (Å²) in [4.78, 5) is 29.5. The molecule has 33 heavy (non-hydrogen) atoms. The van der Waals surface area contributed by atoms with Gasteiger partial charge in [-0.1, -0.05) is 55.1 Å². The van der Waals surface area contributed by atoms with Gasteiger partial charge in [-0.15, -0.1) is 10.2 Å². The van der Waals surface area contributed by atoms with Crippen molar-refractivity contribution in [1.82, 2.24) is 19.6 Å². The molecule has 0 atom stereocenters. The van der Waals surface area contributed by atoms with Crippen LogP contribution in [-0.2, 0) is 9.53 Å². The Kier molecular flexibility index (Phi) is 6.66. The van der Waals surface area contributed by atoms with E-state index in [0.717, 1.165) is 39.0 Å². The smallest absolute Gasteiger partial charge is 0.350 e. The fourth-order valence-electron chi connectivity index (χ4n) is 3.46. The van der Waals surface area contributed by atoms with Crippen molar-refractivity contribution in [2.45, 2.75) is 39.8 Å². The Labute approximate surface area is 199 Å². The first-order valence-corrected chi connectivity index (χ1v) is 12.4. The Balaban J connectivity index is 1.48. The Morgan fingerprint density at radius 3 is 2.73 bits per heavy atom. The number of pyridine rings is 1. The first-order valence-electron chi connectivity index (χ1n) is 10.6. The lowest BCUT2D eigenvalue weighted by atomic mass is 10.1. The summed E-state index contributed by atoms with van der Waals surface area (Å²) in [5, 5.41) is 13.5. The van der Waals surface area contributed by atoms with Gasteiger partial charge in [0, 0.05) is 5.39 Å². The number of hydrogen-bond acceptors (Lipinski definition) is 8. The van der Waals surface area contributed by atoms with Crippen LogP contribution in [0, 0.1) is 26.7 Å². The maximum Gasteiger partial charge on any atom is 0.350 e. The second-order valence-electron chi connectivity index (χ2n) is 8.24. The number of aryl methyl sites for hydroxylation is 3. The highest BCUT2D eigenvalue weighted by atomic mass is 32.2. The zero-order valence-corrected chi connectivity index (χ0v) is 20.8. The summed E-state index contributed by atoms with van der Waals surface area (Å²) in [7, 11) is 0. The average Bonchev–Trinajstić information content (AvgIpc) is 3.33. The van der Waals surface area contributed by atoms with Gasteiger partial charge in [0.05, 0.1) is 23.6 Å². The highest BCUT2D eigenvalue weighted by Crippen LogP contribution is 2.28. The molecule has 0 saturated heterocycles. The van der Waals surface area contributed by atoms with Crippen LogP contribution in [0.4, 0.5) is 5.13 Å². The Morgan fingerprint density at radius 2 is 1.97 bits per heavy atom. The van der Waals surface area contributed by atoms with Gasteiger partial charge in [0.25, 0.3) is 0 Å². The van der Waals surface area contributed by atoms with E-state index in [2.05, 4.69) is 46.5 Å². The van der Waals surface area contributed by atoms with Crippen molar-refractivity contribution in [3.63, 3.8) is 0 Å². The van der Waals surface area contributed by atoms with Crippen molar-refractivity contribution in [2.24, 2.45) is 5.92 Å². The molecule has 3 heterocycles. The highest BCUT2D eigenvalue weighted by Gasteiger charge is 2.19.